The van der Waals surface area contributed by atoms with E-state index in [0.717, 1.165) is 28.1 Å². The van der Waals surface area contributed by atoms with Crippen LogP contribution in [-0.2, 0) is 17.8 Å². The maximum absolute atomic E-state index is 12.6. The van der Waals surface area contributed by atoms with Crippen LogP contribution in [0.15, 0.2) is 41.5 Å². The Morgan fingerprint density at radius 1 is 1.24 bits per heavy atom. The minimum absolute atomic E-state index is 0.00143. The van der Waals surface area contributed by atoms with E-state index in [9.17, 15) is 9.59 Å². The molecule has 0 bridgehead atoms. The van der Waals surface area contributed by atoms with Crippen molar-refractivity contribution in [3.63, 3.8) is 0 Å². The molecule has 5 nitrogen and oxygen atoms in total. The van der Waals surface area contributed by atoms with Crippen LogP contribution in [0.4, 0.5) is 0 Å². The average molecular weight is 355 g/mol. The number of carbonyl (C=O) groups is 1. The Bertz CT molecular complexity index is 944. The van der Waals surface area contributed by atoms with E-state index in [0.29, 0.717) is 11.9 Å². The SMILES string of the molecule is Cc1sc2ncn(CC(=O)NCCCc3ccccc3)c(=O)c2c1C. The van der Waals surface area contributed by atoms with Gasteiger partial charge in [0.1, 0.15) is 11.4 Å². The van der Waals surface area contributed by atoms with Gasteiger partial charge in [0, 0.05) is 11.4 Å². The maximum Gasteiger partial charge on any atom is 0.262 e. The summed E-state index contributed by atoms with van der Waals surface area (Å²) in [6.07, 6.45) is 3.25. The Labute approximate surface area is 150 Å². The number of fused-ring (bicyclic) bond motifs is 1. The van der Waals surface area contributed by atoms with Gasteiger partial charge in [-0.25, -0.2) is 4.98 Å². The van der Waals surface area contributed by atoms with E-state index in [-0.39, 0.29) is 18.0 Å². The number of benzene rings is 1. The minimum Gasteiger partial charge on any atom is -0.355 e. The molecule has 25 heavy (non-hydrogen) atoms. The quantitative estimate of drug-likeness (QED) is 0.692. The van der Waals surface area contributed by atoms with Gasteiger partial charge in [0.05, 0.1) is 11.7 Å². The average Bonchev–Trinajstić information content (AvgIpc) is 2.90. The van der Waals surface area contributed by atoms with Gasteiger partial charge in [0.2, 0.25) is 5.91 Å². The zero-order valence-electron chi connectivity index (χ0n) is 14.4. The van der Waals surface area contributed by atoms with E-state index < -0.39 is 0 Å². The summed E-state index contributed by atoms with van der Waals surface area (Å²) in [4.78, 5) is 30.8. The number of nitrogens with one attached hydrogen (secondary N) is 1. The van der Waals surface area contributed by atoms with Gasteiger partial charge in [0.15, 0.2) is 0 Å². The van der Waals surface area contributed by atoms with E-state index in [1.54, 1.807) is 0 Å². The Morgan fingerprint density at radius 3 is 2.76 bits per heavy atom. The molecule has 3 aromatic rings. The summed E-state index contributed by atoms with van der Waals surface area (Å²) in [6, 6.07) is 10.2. The van der Waals surface area contributed by atoms with Crippen molar-refractivity contribution in [1.29, 1.82) is 0 Å². The van der Waals surface area contributed by atoms with Crippen molar-refractivity contribution in [3.05, 3.63) is 63.0 Å². The molecule has 0 radical (unpaired) electrons. The predicted octanol–water partition coefficient (Wildman–Crippen LogP) is 2.82. The molecule has 2 heterocycles. The van der Waals surface area contributed by atoms with Crippen molar-refractivity contribution in [2.24, 2.45) is 0 Å². The Kier molecular flexibility index (Phi) is 5.28. The van der Waals surface area contributed by atoms with Gasteiger partial charge < -0.3 is 5.32 Å². The standard InChI is InChI=1S/C19H21N3O2S/c1-13-14(2)25-18-17(13)19(24)22(12-21-18)11-16(23)20-10-6-9-15-7-4-3-5-8-15/h3-5,7-8,12H,6,9-11H2,1-2H3,(H,20,23). The highest BCUT2D eigenvalue weighted by Gasteiger charge is 2.13. The van der Waals surface area contributed by atoms with E-state index >= 15 is 0 Å². The Hall–Kier alpha value is -2.47. The molecule has 3 rings (SSSR count). The zero-order valence-corrected chi connectivity index (χ0v) is 15.2. The molecule has 0 aliphatic carbocycles. The van der Waals surface area contributed by atoms with Crippen LogP contribution < -0.4 is 10.9 Å². The molecule has 0 aliphatic rings. The van der Waals surface area contributed by atoms with Crippen molar-refractivity contribution in [3.8, 4) is 0 Å². The van der Waals surface area contributed by atoms with Crippen LogP contribution in [0.1, 0.15) is 22.4 Å². The number of rotatable bonds is 6. The maximum atomic E-state index is 12.6. The van der Waals surface area contributed by atoms with Crippen LogP contribution in [0.5, 0.6) is 0 Å². The second-order valence-corrected chi connectivity index (χ2v) is 7.28. The normalized spacial score (nSPS) is 11.0. The Balaban J connectivity index is 1.58. The lowest BCUT2D eigenvalue weighted by atomic mass is 10.1. The molecule has 0 fully saturated rings. The van der Waals surface area contributed by atoms with Gasteiger partial charge in [-0.2, -0.15) is 0 Å². The van der Waals surface area contributed by atoms with Gasteiger partial charge in [-0.05, 0) is 37.8 Å². The van der Waals surface area contributed by atoms with E-state index in [1.165, 1.54) is 27.8 Å². The molecule has 0 atom stereocenters. The van der Waals surface area contributed by atoms with Crippen LogP contribution in [0, 0.1) is 13.8 Å². The fourth-order valence-corrected chi connectivity index (χ4v) is 3.75. The second-order valence-electron chi connectivity index (χ2n) is 6.08. The number of thiophene rings is 1. The molecule has 0 saturated carbocycles. The second kappa shape index (κ2) is 7.61. The van der Waals surface area contributed by atoms with Gasteiger partial charge in [-0.15, -0.1) is 11.3 Å². The van der Waals surface area contributed by atoms with Gasteiger partial charge in [0.25, 0.3) is 5.56 Å². The van der Waals surface area contributed by atoms with Crippen LogP contribution >= 0.6 is 11.3 Å². The van der Waals surface area contributed by atoms with Crippen LogP contribution in [-0.4, -0.2) is 22.0 Å². The molecule has 1 amide bonds. The number of aromatic nitrogens is 2. The molecule has 0 spiro atoms. The molecule has 0 saturated heterocycles. The highest BCUT2D eigenvalue weighted by molar-refractivity contribution is 7.18. The van der Waals surface area contributed by atoms with Crippen LogP contribution in [0.25, 0.3) is 10.2 Å². The number of carbonyl (C=O) groups excluding carboxylic acids is 1. The monoisotopic (exact) mass is 355 g/mol. The fraction of sp³-hybridized carbons (Fsp3) is 0.316. The lowest BCUT2D eigenvalue weighted by Crippen LogP contribution is -2.33. The highest BCUT2D eigenvalue weighted by Crippen LogP contribution is 2.25. The van der Waals surface area contributed by atoms with E-state index in [2.05, 4.69) is 22.4 Å². The third-order valence-electron chi connectivity index (χ3n) is 4.28. The number of hydrogen-bond acceptors (Lipinski definition) is 4. The summed E-state index contributed by atoms with van der Waals surface area (Å²) in [5.74, 6) is -0.166. The first-order valence-electron chi connectivity index (χ1n) is 8.32. The van der Waals surface area contributed by atoms with E-state index in [4.69, 9.17) is 0 Å². The summed E-state index contributed by atoms with van der Waals surface area (Å²) in [5, 5.41) is 3.50. The largest absolute Gasteiger partial charge is 0.355 e. The third-order valence-corrected chi connectivity index (χ3v) is 5.39. The predicted molar refractivity (Wildman–Crippen MR) is 101 cm³/mol. The summed E-state index contributed by atoms with van der Waals surface area (Å²) >= 11 is 1.51. The molecule has 0 aliphatic heterocycles. The molecular formula is C19H21N3O2S. The fourth-order valence-electron chi connectivity index (χ4n) is 2.76. The molecule has 130 valence electrons. The smallest absolute Gasteiger partial charge is 0.262 e. The summed E-state index contributed by atoms with van der Waals surface area (Å²) in [7, 11) is 0. The molecule has 2 aromatic heterocycles. The van der Waals surface area contributed by atoms with E-state index in [1.807, 2.05) is 32.0 Å². The van der Waals surface area contributed by atoms with Gasteiger partial charge in [-0.3, -0.25) is 14.2 Å². The lowest BCUT2D eigenvalue weighted by molar-refractivity contribution is -0.121. The van der Waals surface area contributed by atoms with Crippen LogP contribution in [0.3, 0.4) is 0 Å². The first kappa shape index (κ1) is 17.4. The van der Waals surface area contributed by atoms with Crippen molar-refractivity contribution >= 4 is 27.5 Å². The van der Waals surface area contributed by atoms with Gasteiger partial charge in [-0.1, -0.05) is 30.3 Å². The highest BCUT2D eigenvalue weighted by atomic mass is 32.1. The minimum atomic E-state index is -0.166. The first-order chi connectivity index (χ1) is 12.1. The van der Waals surface area contributed by atoms with Crippen molar-refractivity contribution in [2.75, 3.05) is 6.54 Å². The summed E-state index contributed by atoms with van der Waals surface area (Å²) < 4.78 is 1.38. The van der Waals surface area contributed by atoms with Gasteiger partial charge >= 0.3 is 0 Å². The number of nitrogens with zero attached hydrogens (tertiary/aromatic N) is 2. The summed E-state index contributed by atoms with van der Waals surface area (Å²) in [6.45, 7) is 4.49. The summed E-state index contributed by atoms with van der Waals surface area (Å²) in [5.41, 5.74) is 2.06. The molecular weight excluding hydrogens is 334 g/mol. The van der Waals surface area contributed by atoms with Crippen molar-refractivity contribution in [1.82, 2.24) is 14.9 Å². The number of hydrogen-bond donors (Lipinski definition) is 1. The number of amides is 1. The lowest BCUT2D eigenvalue weighted by Gasteiger charge is -2.07. The molecule has 0 unspecified atom stereocenters. The Morgan fingerprint density at radius 2 is 2.00 bits per heavy atom. The van der Waals surface area contributed by atoms with Crippen LogP contribution in [0.2, 0.25) is 0 Å². The topological polar surface area (TPSA) is 64.0 Å². The zero-order chi connectivity index (χ0) is 17.8. The molecule has 1 aromatic carbocycles. The van der Waals surface area contributed by atoms with Crippen molar-refractivity contribution < 1.29 is 4.79 Å². The third kappa shape index (κ3) is 3.96. The number of aryl methyl sites for hydroxylation is 3. The first-order valence-corrected chi connectivity index (χ1v) is 9.13. The van der Waals surface area contributed by atoms with Crippen molar-refractivity contribution in [2.45, 2.75) is 33.2 Å². The molecule has 6 heteroatoms. The molecule has 1 N–H and O–H groups in total.